The van der Waals surface area contributed by atoms with Crippen molar-refractivity contribution in [2.24, 2.45) is 0 Å². The zero-order valence-electron chi connectivity index (χ0n) is 7.76. The number of H-pyrrole nitrogens is 1. The molecule has 0 aliphatic carbocycles. The van der Waals surface area contributed by atoms with Crippen LogP contribution < -0.4 is 0 Å². The van der Waals surface area contributed by atoms with Crippen molar-refractivity contribution in [2.75, 3.05) is 0 Å². The van der Waals surface area contributed by atoms with E-state index in [0.29, 0.717) is 16.5 Å². The Morgan fingerprint density at radius 1 is 1.43 bits per heavy atom. The highest BCUT2D eigenvalue weighted by Gasteiger charge is 2.06. The van der Waals surface area contributed by atoms with Gasteiger partial charge in [-0.2, -0.15) is 5.26 Å². The van der Waals surface area contributed by atoms with Gasteiger partial charge in [-0.15, -0.1) is 0 Å². The molecular weight excluding hydrogens is 179 g/mol. The van der Waals surface area contributed by atoms with Crippen LogP contribution in [0.15, 0.2) is 18.2 Å². The van der Waals surface area contributed by atoms with Gasteiger partial charge in [-0.1, -0.05) is 6.92 Å². The summed E-state index contributed by atoms with van der Waals surface area (Å²) in [6, 6.07) is 6.63. The van der Waals surface area contributed by atoms with Gasteiger partial charge in [0.25, 0.3) is 0 Å². The van der Waals surface area contributed by atoms with Gasteiger partial charge in [-0.25, -0.2) is 4.39 Å². The van der Waals surface area contributed by atoms with E-state index in [-0.39, 0.29) is 5.82 Å². The van der Waals surface area contributed by atoms with Crippen LogP contribution in [0.25, 0.3) is 10.9 Å². The molecule has 0 saturated heterocycles. The molecule has 1 aromatic carbocycles. The summed E-state index contributed by atoms with van der Waals surface area (Å²) in [7, 11) is 0. The van der Waals surface area contributed by atoms with Crippen LogP contribution in [-0.4, -0.2) is 4.98 Å². The number of nitrogens with one attached hydrogen (secondary N) is 1. The molecule has 2 nitrogen and oxygen atoms in total. The summed E-state index contributed by atoms with van der Waals surface area (Å²) < 4.78 is 13.4. The summed E-state index contributed by atoms with van der Waals surface area (Å²) in [5.74, 6) is -0.338. The predicted molar refractivity (Wildman–Crippen MR) is 52.3 cm³/mol. The van der Waals surface area contributed by atoms with Crippen molar-refractivity contribution in [1.82, 2.24) is 4.98 Å². The number of aryl methyl sites for hydroxylation is 1. The molecule has 0 unspecified atom stereocenters. The standard InChI is InChI=1S/C11H9FN2/c1-2-8-5-9-10(12)3-7(6-13)4-11(9)14-8/h3-5,14H,2H2,1H3. The SMILES string of the molecule is CCc1cc2c(F)cc(C#N)cc2[nH]1. The summed E-state index contributed by atoms with van der Waals surface area (Å²) in [5.41, 5.74) is 2.02. The highest BCUT2D eigenvalue weighted by atomic mass is 19.1. The molecule has 0 atom stereocenters. The highest BCUT2D eigenvalue weighted by Crippen LogP contribution is 2.20. The second-order valence-corrected chi connectivity index (χ2v) is 3.18. The van der Waals surface area contributed by atoms with Crippen LogP contribution in [0.3, 0.4) is 0 Å². The Hall–Kier alpha value is -1.82. The minimum atomic E-state index is -0.338. The first-order chi connectivity index (χ1) is 6.74. The summed E-state index contributed by atoms with van der Waals surface area (Å²) >= 11 is 0. The lowest BCUT2D eigenvalue weighted by atomic mass is 10.1. The molecular formula is C11H9FN2. The van der Waals surface area contributed by atoms with Gasteiger partial charge < -0.3 is 4.98 Å². The summed E-state index contributed by atoms with van der Waals surface area (Å²) in [6.07, 6.45) is 0.829. The van der Waals surface area contributed by atoms with Crippen molar-refractivity contribution in [3.8, 4) is 6.07 Å². The molecule has 1 heterocycles. The zero-order chi connectivity index (χ0) is 10.1. The van der Waals surface area contributed by atoms with Crippen LogP contribution in [0, 0.1) is 17.1 Å². The third kappa shape index (κ3) is 1.25. The van der Waals surface area contributed by atoms with E-state index in [1.54, 1.807) is 12.1 Å². The minimum absolute atomic E-state index is 0.338. The lowest BCUT2D eigenvalue weighted by molar-refractivity contribution is 0.639. The highest BCUT2D eigenvalue weighted by molar-refractivity contribution is 5.82. The molecule has 2 aromatic rings. The Morgan fingerprint density at radius 2 is 2.21 bits per heavy atom. The van der Waals surface area contributed by atoms with Crippen molar-refractivity contribution in [3.05, 3.63) is 35.3 Å². The van der Waals surface area contributed by atoms with Crippen LogP contribution in [-0.2, 0) is 6.42 Å². The van der Waals surface area contributed by atoms with E-state index in [1.807, 2.05) is 13.0 Å². The first-order valence-corrected chi connectivity index (χ1v) is 4.46. The fourth-order valence-corrected chi connectivity index (χ4v) is 1.51. The number of hydrogen-bond donors (Lipinski definition) is 1. The molecule has 1 aromatic heterocycles. The van der Waals surface area contributed by atoms with E-state index in [0.717, 1.165) is 12.1 Å². The molecule has 0 fully saturated rings. The van der Waals surface area contributed by atoms with Gasteiger partial charge in [0.05, 0.1) is 11.6 Å². The third-order valence-electron chi connectivity index (χ3n) is 2.25. The van der Waals surface area contributed by atoms with Gasteiger partial charge in [0.1, 0.15) is 5.82 Å². The summed E-state index contributed by atoms with van der Waals surface area (Å²) in [6.45, 7) is 1.99. The van der Waals surface area contributed by atoms with Crippen molar-refractivity contribution in [3.63, 3.8) is 0 Å². The number of benzene rings is 1. The van der Waals surface area contributed by atoms with Gasteiger partial charge in [-0.05, 0) is 24.6 Å². The quantitative estimate of drug-likeness (QED) is 0.734. The monoisotopic (exact) mass is 188 g/mol. The average molecular weight is 188 g/mol. The molecule has 70 valence electrons. The third-order valence-corrected chi connectivity index (χ3v) is 2.25. The number of aromatic nitrogens is 1. The van der Waals surface area contributed by atoms with Crippen LogP contribution in [0.1, 0.15) is 18.2 Å². The largest absolute Gasteiger partial charge is 0.358 e. The minimum Gasteiger partial charge on any atom is -0.358 e. The number of halogens is 1. The van der Waals surface area contributed by atoms with Crippen LogP contribution in [0.2, 0.25) is 0 Å². The van der Waals surface area contributed by atoms with Crippen LogP contribution in [0.5, 0.6) is 0 Å². The molecule has 0 radical (unpaired) electrons. The van der Waals surface area contributed by atoms with Crippen molar-refractivity contribution in [2.45, 2.75) is 13.3 Å². The van der Waals surface area contributed by atoms with E-state index in [9.17, 15) is 4.39 Å². The van der Waals surface area contributed by atoms with E-state index in [4.69, 9.17) is 5.26 Å². The lowest BCUT2D eigenvalue weighted by Crippen LogP contribution is -1.80. The average Bonchev–Trinajstić information content (AvgIpc) is 2.61. The topological polar surface area (TPSA) is 39.6 Å². The van der Waals surface area contributed by atoms with Crippen molar-refractivity contribution >= 4 is 10.9 Å². The normalized spacial score (nSPS) is 10.4. The maximum Gasteiger partial charge on any atom is 0.133 e. The molecule has 14 heavy (non-hydrogen) atoms. The van der Waals surface area contributed by atoms with E-state index < -0.39 is 0 Å². The molecule has 0 bridgehead atoms. The van der Waals surface area contributed by atoms with E-state index in [2.05, 4.69) is 4.98 Å². The number of nitrogens with zero attached hydrogens (tertiary/aromatic N) is 1. The molecule has 0 aliphatic rings. The Labute approximate surface area is 81.0 Å². The second kappa shape index (κ2) is 3.15. The van der Waals surface area contributed by atoms with Crippen molar-refractivity contribution < 1.29 is 4.39 Å². The summed E-state index contributed by atoms with van der Waals surface area (Å²) in [4.78, 5) is 3.07. The van der Waals surface area contributed by atoms with Gasteiger partial charge >= 0.3 is 0 Å². The molecule has 0 spiro atoms. The number of fused-ring (bicyclic) bond motifs is 1. The summed E-state index contributed by atoms with van der Waals surface area (Å²) in [5, 5.41) is 9.21. The number of aromatic amines is 1. The molecule has 0 amide bonds. The van der Waals surface area contributed by atoms with Gasteiger partial charge in [0.2, 0.25) is 0 Å². The smallest absolute Gasteiger partial charge is 0.133 e. The molecule has 3 heteroatoms. The first kappa shape index (κ1) is 8.76. The second-order valence-electron chi connectivity index (χ2n) is 3.18. The fourth-order valence-electron chi connectivity index (χ4n) is 1.51. The fraction of sp³-hybridized carbons (Fsp3) is 0.182. The van der Waals surface area contributed by atoms with Gasteiger partial charge in [0, 0.05) is 16.6 Å². The molecule has 2 rings (SSSR count). The Morgan fingerprint density at radius 3 is 2.86 bits per heavy atom. The Bertz CT molecular complexity index is 520. The maximum absolute atomic E-state index is 13.4. The van der Waals surface area contributed by atoms with Crippen molar-refractivity contribution in [1.29, 1.82) is 5.26 Å². The zero-order valence-corrected chi connectivity index (χ0v) is 7.76. The first-order valence-electron chi connectivity index (χ1n) is 4.46. The molecule has 1 N–H and O–H groups in total. The maximum atomic E-state index is 13.4. The van der Waals surface area contributed by atoms with E-state index >= 15 is 0 Å². The van der Waals surface area contributed by atoms with Gasteiger partial charge in [0.15, 0.2) is 0 Å². The Kier molecular flexibility index (Phi) is 1.97. The number of rotatable bonds is 1. The van der Waals surface area contributed by atoms with Gasteiger partial charge in [-0.3, -0.25) is 0 Å². The number of nitriles is 1. The number of hydrogen-bond acceptors (Lipinski definition) is 1. The molecule has 0 aliphatic heterocycles. The van der Waals surface area contributed by atoms with Crippen LogP contribution >= 0.6 is 0 Å². The molecule has 0 saturated carbocycles. The predicted octanol–water partition coefficient (Wildman–Crippen LogP) is 2.74. The Balaban J connectivity index is 2.75. The lowest BCUT2D eigenvalue weighted by Gasteiger charge is -1.92. The van der Waals surface area contributed by atoms with E-state index in [1.165, 1.54) is 6.07 Å². The van der Waals surface area contributed by atoms with Crippen LogP contribution in [0.4, 0.5) is 4.39 Å².